The highest BCUT2D eigenvalue weighted by atomic mass is 19.3. The SMILES string of the molecule is CCCc1ccc(C2CCC(C3CCC(c4ccc(OC(F)(F)C=C(F)F)cc4)CC3)CC2)cc1. The Kier molecular flexibility index (Phi) is 8.56. The number of hydrogen-bond acceptors (Lipinski definition) is 1. The molecule has 0 amide bonds. The van der Waals surface area contributed by atoms with Crippen molar-refractivity contribution in [1.29, 1.82) is 0 Å². The summed E-state index contributed by atoms with van der Waals surface area (Å²) in [7, 11) is 0. The van der Waals surface area contributed by atoms with Crippen LogP contribution in [0.4, 0.5) is 17.6 Å². The second kappa shape index (κ2) is 11.6. The third-order valence-corrected chi connectivity index (χ3v) is 8.08. The van der Waals surface area contributed by atoms with Crippen molar-refractivity contribution in [2.75, 3.05) is 0 Å². The van der Waals surface area contributed by atoms with E-state index in [-0.39, 0.29) is 5.75 Å². The van der Waals surface area contributed by atoms with E-state index >= 15 is 0 Å². The van der Waals surface area contributed by atoms with Crippen LogP contribution in [0.25, 0.3) is 0 Å². The van der Waals surface area contributed by atoms with Crippen LogP contribution in [-0.2, 0) is 6.42 Å². The number of halogens is 4. The fourth-order valence-corrected chi connectivity index (χ4v) is 6.21. The molecule has 0 aromatic heterocycles. The molecule has 5 heteroatoms. The van der Waals surface area contributed by atoms with Crippen molar-refractivity contribution in [3.05, 3.63) is 77.4 Å². The maximum atomic E-state index is 13.4. The Morgan fingerprint density at radius 2 is 1.23 bits per heavy atom. The summed E-state index contributed by atoms with van der Waals surface area (Å²) in [5.74, 6) is 2.60. The van der Waals surface area contributed by atoms with Gasteiger partial charge in [0.15, 0.2) is 0 Å². The van der Waals surface area contributed by atoms with Crippen molar-refractivity contribution in [1.82, 2.24) is 0 Å². The standard InChI is InChI=1S/C30H36F4O/c1-2-3-21-4-6-22(7-5-21)23-8-10-24(11-9-23)25-12-14-26(15-13-25)27-16-18-28(19-17-27)35-30(33,34)20-29(31)32/h4-7,16-20,23-26H,2-3,8-15H2,1H3. The number of rotatable bonds is 8. The number of alkyl halides is 2. The lowest BCUT2D eigenvalue weighted by molar-refractivity contribution is -0.133. The van der Waals surface area contributed by atoms with E-state index in [2.05, 4.69) is 35.9 Å². The number of aryl methyl sites for hydroxylation is 1. The summed E-state index contributed by atoms with van der Waals surface area (Å²) >= 11 is 0. The molecule has 0 bridgehead atoms. The highest BCUT2D eigenvalue weighted by Gasteiger charge is 2.32. The van der Waals surface area contributed by atoms with Crippen molar-refractivity contribution >= 4 is 0 Å². The van der Waals surface area contributed by atoms with Crippen LogP contribution in [0.5, 0.6) is 5.75 Å². The molecule has 2 aliphatic rings. The van der Waals surface area contributed by atoms with E-state index in [0.717, 1.165) is 36.7 Å². The van der Waals surface area contributed by atoms with Crippen LogP contribution in [0.3, 0.4) is 0 Å². The molecule has 2 aromatic carbocycles. The van der Waals surface area contributed by atoms with Crippen LogP contribution in [0.2, 0.25) is 0 Å². The first kappa shape index (κ1) is 25.8. The molecule has 0 spiro atoms. The quantitative estimate of drug-likeness (QED) is 0.336. The van der Waals surface area contributed by atoms with E-state index in [1.165, 1.54) is 68.2 Å². The molecule has 0 atom stereocenters. The van der Waals surface area contributed by atoms with Gasteiger partial charge in [-0.25, -0.2) is 0 Å². The van der Waals surface area contributed by atoms with E-state index in [0.29, 0.717) is 11.8 Å². The van der Waals surface area contributed by atoms with Gasteiger partial charge in [-0.1, -0.05) is 49.7 Å². The summed E-state index contributed by atoms with van der Waals surface area (Å²) < 4.78 is 55.5. The fraction of sp³-hybridized carbons (Fsp3) is 0.533. The minimum absolute atomic E-state index is 0.110. The monoisotopic (exact) mass is 488 g/mol. The van der Waals surface area contributed by atoms with Crippen molar-refractivity contribution in [3.63, 3.8) is 0 Å². The maximum absolute atomic E-state index is 13.4. The second-order valence-corrected chi connectivity index (χ2v) is 10.4. The molecular formula is C30H36F4O. The third kappa shape index (κ3) is 7.11. The van der Waals surface area contributed by atoms with Crippen molar-refractivity contribution in [2.24, 2.45) is 11.8 Å². The number of ether oxygens (including phenoxy) is 1. The fourth-order valence-electron chi connectivity index (χ4n) is 6.21. The van der Waals surface area contributed by atoms with Gasteiger partial charge in [-0.15, -0.1) is 0 Å². The molecule has 2 saturated carbocycles. The van der Waals surface area contributed by atoms with Gasteiger partial charge in [0, 0.05) is 0 Å². The molecule has 35 heavy (non-hydrogen) atoms. The predicted molar refractivity (Wildman–Crippen MR) is 132 cm³/mol. The summed E-state index contributed by atoms with van der Waals surface area (Å²) in [5, 5.41) is 0. The molecule has 0 N–H and O–H groups in total. The van der Waals surface area contributed by atoms with E-state index in [9.17, 15) is 17.6 Å². The first-order valence-corrected chi connectivity index (χ1v) is 13.1. The number of benzene rings is 2. The van der Waals surface area contributed by atoms with Crippen molar-refractivity contribution in [2.45, 2.75) is 89.1 Å². The van der Waals surface area contributed by atoms with Gasteiger partial charge in [0.2, 0.25) is 0 Å². The van der Waals surface area contributed by atoms with Crippen LogP contribution in [0.15, 0.2) is 60.7 Å². The topological polar surface area (TPSA) is 9.23 Å². The molecule has 0 heterocycles. The lowest BCUT2D eigenvalue weighted by atomic mass is 9.67. The maximum Gasteiger partial charge on any atom is 0.425 e. The smallest absolute Gasteiger partial charge is 0.425 e. The zero-order chi connectivity index (χ0) is 24.8. The summed E-state index contributed by atoms with van der Waals surface area (Å²) in [4.78, 5) is 0. The third-order valence-electron chi connectivity index (χ3n) is 8.08. The second-order valence-electron chi connectivity index (χ2n) is 10.4. The lowest BCUT2D eigenvalue weighted by Gasteiger charge is -2.38. The van der Waals surface area contributed by atoms with E-state index < -0.39 is 18.3 Å². The Hall–Kier alpha value is -2.30. The van der Waals surface area contributed by atoms with Gasteiger partial charge in [-0.3, -0.25) is 0 Å². The Balaban J connectivity index is 1.24. The highest BCUT2D eigenvalue weighted by molar-refractivity contribution is 5.30. The normalized spacial score (nSPS) is 25.2. The summed E-state index contributed by atoms with van der Waals surface area (Å²) in [6.07, 6.45) is 5.21. The van der Waals surface area contributed by atoms with E-state index in [4.69, 9.17) is 0 Å². The molecule has 4 rings (SSSR count). The number of hydrogen-bond donors (Lipinski definition) is 0. The molecule has 0 saturated heterocycles. The van der Waals surface area contributed by atoms with Gasteiger partial charge in [0.05, 0.1) is 6.08 Å². The van der Waals surface area contributed by atoms with Gasteiger partial charge in [0.1, 0.15) is 5.75 Å². The van der Waals surface area contributed by atoms with Crippen LogP contribution in [0, 0.1) is 11.8 Å². The zero-order valence-electron chi connectivity index (χ0n) is 20.5. The highest BCUT2D eigenvalue weighted by Crippen LogP contribution is 2.46. The van der Waals surface area contributed by atoms with Crippen molar-refractivity contribution in [3.8, 4) is 5.75 Å². The van der Waals surface area contributed by atoms with E-state index in [1.807, 2.05) is 0 Å². The average molecular weight is 489 g/mol. The summed E-state index contributed by atoms with van der Waals surface area (Å²) in [6, 6.07) is 15.8. The van der Waals surface area contributed by atoms with Gasteiger partial charge < -0.3 is 4.74 Å². The molecule has 0 unspecified atom stereocenters. The minimum Gasteiger partial charge on any atom is -0.429 e. The van der Waals surface area contributed by atoms with Crippen molar-refractivity contribution < 1.29 is 22.3 Å². The minimum atomic E-state index is -4.02. The molecule has 1 nitrogen and oxygen atoms in total. The van der Waals surface area contributed by atoms with Gasteiger partial charge in [-0.2, -0.15) is 17.6 Å². The van der Waals surface area contributed by atoms with Crippen LogP contribution in [0.1, 0.15) is 93.2 Å². The Morgan fingerprint density at radius 3 is 1.66 bits per heavy atom. The van der Waals surface area contributed by atoms with Gasteiger partial charge in [-0.05, 0) is 110 Å². The predicted octanol–water partition coefficient (Wildman–Crippen LogP) is 9.64. The largest absolute Gasteiger partial charge is 0.429 e. The molecule has 0 aliphatic heterocycles. The molecule has 2 aliphatic carbocycles. The van der Waals surface area contributed by atoms with Crippen LogP contribution in [-0.4, -0.2) is 6.11 Å². The molecular weight excluding hydrogens is 452 g/mol. The first-order valence-electron chi connectivity index (χ1n) is 13.1. The van der Waals surface area contributed by atoms with Gasteiger partial charge >= 0.3 is 6.11 Å². The summed E-state index contributed by atoms with van der Waals surface area (Å²) in [6.45, 7) is 2.22. The molecule has 2 fully saturated rings. The molecule has 190 valence electrons. The molecule has 0 radical (unpaired) electrons. The first-order chi connectivity index (χ1) is 16.8. The van der Waals surface area contributed by atoms with Gasteiger partial charge in [0.25, 0.3) is 6.08 Å². The Morgan fingerprint density at radius 1 is 0.771 bits per heavy atom. The molecule has 2 aromatic rings. The Bertz CT molecular complexity index is 947. The lowest BCUT2D eigenvalue weighted by Crippen LogP contribution is -2.25. The van der Waals surface area contributed by atoms with Crippen LogP contribution < -0.4 is 4.74 Å². The summed E-state index contributed by atoms with van der Waals surface area (Å²) in [5.41, 5.74) is 4.05. The zero-order valence-corrected chi connectivity index (χ0v) is 20.5. The van der Waals surface area contributed by atoms with Crippen LogP contribution >= 0.6 is 0 Å². The Labute approximate surface area is 206 Å². The van der Waals surface area contributed by atoms with E-state index in [1.54, 1.807) is 12.1 Å². The average Bonchev–Trinajstić information content (AvgIpc) is 2.84.